The third-order valence-corrected chi connectivity index (χ3v) is 3.09. The molecule has 0 fully saturated rings. The largest absolute Gasteiger partial charge is 0.369 e. The Bertz CT molecular complexity index is 802. The van der Waals surface area contributed by atoms with Crippen LogP contribution in [0.3, 0.4) is 0 Å². The van der Waals surface area contributed by atoms with Crippen LogP contribution < -0.4 is 5.73 Å². The summed E-state index contributed by atoms with van der Waals surface area (Å²) in [6, 6.07) is 0. The Balaban J connectivity index is 0.000000126. The molecule has 10 heteroatoms. The number of anilines is 1. The van der Waals surface area contributed by atoms with Gasteiger partial charge in [-0.3, -0.25) is 0 Å². The van der Waals surface area contributed by atoms with Gasteiger partial charge in [-0.25, -0.2) is 24.9 Å². The number of H-pyrrole nitrogens is 2. The molecule has 0 saturated heterocycles. The van der Waals surface area contributed by atoms with Crippen molar-refractivity contribution in [2.45, 2.75) is 5.16 Å². The van der Waals surface area contributed by atoms with Crippen molar-refractivity contribution in [2.24, 2.45) is 0 Å². The van der Waals surface area contributed by atoms with E-state index in [2.05, 4.69) is 39.9 Å². The molecule has 0 atom stereocenters. The number of aromatic nitrogens is 8. The molecule has 4 N–H and O–H groups in total. The second kappa shape index (κ2) is 5.71. The van der Waals surface area contributed by atoms with Gasteiger partial charge in [-0.1, -0.05) is 11.8 Å². The zero-order chi connectivity index (χ0) is 14.7. The van der Waals surface area contributed by atoms with Gasteiger partial charge in [0, 0.05) is 0 Å². The Morgan fingerprint density at radius 1 is 0.952 bits per heavy atom. The minimum atomic E-state index is 0.371. The Kier molecular flexibility index (Phi) is 3.60. The van der Waals surface area contributed by atoms with Gasteiger partial charge in [0.2, 0.25) is 0 Å². The topological polar surface area (TPSA) is 135 Å². The van der Waals surface area contributed by atoms with E-state index >= 15 is 0 Å². The number of nitrogens with two attached hydrogens (primary N) is 1. The molecule has 4 heterocycles. The molecule has 0 saturated carbocycles. The summed E-state index contributed by atoms with van der Waals surface area (Å²) < 4.78 is 0. The van der Waals surface area contributed by atoms with Gasteiger partial charge in [-0.15, -0.1) is 0 Å². The van der Waals surface area contributed by atoms with Crippen LogP contribution >= 0.6 is 11.8 Å². The van der Waals surface area contributed by atoms with Gasteiger partial charge in [0.1, 0.15) is 23.7 Å². The van der Waals surface area contributed by atoms with Crippen LogP contribution in [0.25, 0.3) is 22.3 Å². The Hall–Kier alpha value is -2.75. The van der Waals surface area contributed by atoms with Crippen molar-refractivity contribution in [3.8, 4) is 0 Å². The van der Waals surface area contributed by atoms with Crippen LogP contribution in [0.5, 0.6) is 0 Å². The van der Waals surface area contributed by atoms with E-state index in [0.29, 0.717) is 11.6 Å². The van der Waals surface area contributed by atoms with E-state index < -0.39 is 0 Å². The number of aromatic amines is 2. The highest BCUT2D eigenvalue weighted by Gasteiger charge is 2.00. The monoisotopic (exact) mass is 301 g/mol. The number of fused-ring (bicyclic) bond motifs is 2. The van der Waals surface area contributed by atoms with Crippen molar-refractivity contribution in [1.29, 1.82) is 0 Å². The summed E-state index contributed by atoms with van der Waals surface area (Å²) in [5, 5.41) is 0.875. The van der Waals surface area contributed by atoms with Crippen molar-refractivity contribution < 1.29 is 0 Å². The number of thioether (sulfide) groups is 1. The summed E-state index contributed by atoms with van der Waals surface area (Å²) in [5.74, 6) is 0.371. The molecule has 4 aromatic heterocycles. The molecule has 9 nitrogen and oxygen atoms in total. The molecular formula is C11H11N9S. The van der Waals surface area contributed by atoms with E-state index in [1.54, 1.807) is 24.2 Å². The number of rotatable bonds is 1. The van der Waals surface area contributed by atoms with E-state index in [1.165, 1.54) is 12.7 Å². The van der Waals surface area contributed by atoms with E-state index in [-0.39, 0.29) is 0 Å². The molecular weight excluding hydrogens is 290 g/mol. The average molecular weight is 301 g/mol. The van der Waals surface area contributed by atoms with Crippen LogP contribution in [0.1, 0.15) is 0 Å². The molecule has 0 aliphatic rings. The maximum absolute atomic E-state index is 5.36. The molecule has 21 heavy (non-hydrogen) atoms. The summed E-state index contributed by atoms with van der Waals surface area (Å²) in [6.45, 7) is 0. The number of nitrogens with one attached hydrogen (secondary N) is 2. The van der Waals surface area contributed by atoms with Gasteiger partial charge >= 0.3 is 0 Å². The van der Waals surface area contributed by atoms with Crippen molar-refractivity contribution in [3.63, 3.8) is 0 Å². The van der Waals surface area contributed by atoms with Crippen LogP contribution in [-0.2, 0) is 0 Å². The normalized spacial score (nSPS) is 10.5. The fourth-order valence-corrected chi connectivity index (χ4v) is 2.01. The van der Waals surface area contributed by atoms with Crippen LogP contribution in [-0.4, -0.2) is 46.1 Å². The zero-order valence-corrected chi connectivity index (χ0v) is 11.8. The molecule has 0 spiro atoms. The highest BCUT2D eigenvalue weighted by atomic mass is 32.2. The van der Waals surface area contributed by atoms with Crippen molar-refractivity contribution in [2.75, 3.05) is 12.0 Å². The number of hydrogen-bond acceptors (Lipinski definition) is 8. The number of imidazole rings is 2. The average Bonchev–Trinajstić information content (AvgIpc) is 3.09. The third kappa shape index (κ3) is 2.89. The molecule has 0 radical (unpaired) electrons. The quantitative estimate of drug-likeness (QED) is 0.443. The van der Waals surface area contributed by atoms with E-state index in [9.17, 15) is 0 Å². The van der Waals surface area contributed by atoms with Crippen molar-refractivity contribution >= 4 is 40.0 Å². The maximum atomic E-state index is 5.36. The summed E-state index contributed by atoms with van der Waals surface area (Å²) in [7, 11) is 0. The van der Waals surface area contributed by atoms with E-state index in [1.807, 2.05) is 6.26 Å². The van der Waals surface area contributed by atoms with Crippen LogP contribution in [0.15, 0.2) is 30.2 Å². The van der Waals surface area contributed by atoms with Gasteiger partial charge in [0.25, 0.3) is 0 Å². The first kappa shape index (κ1) is 13.2. The highest BCUT2D eigenvalue weighted by Crippen LogP contribution is 2.13. The first-order valence-electron chi connectivity index (χ1n) is 5.87. The lowest BCUT2D eigenvalue weighted by molar-refractivity contribution is 1.08. The molecule has 0 aliphatic carbocycles. The van der Waals surface area contributed by atoms with Gasteiger partial charge in [0.05, 0.1) is 12.4 Å². The molecule has 0 aliphatic heterocycles. The minimum absolute atomic E-state index is 0.371. The summed E-state index contributed by atoms with van der Waals surface area (Å²) in [6.07, 6.45) is 8.24. The molecule has 0 unspecified atom stereocenters. The summed E-state index contributed by atoms with van der Waals surface area (Å²) >= 11 is 1.56. The number of nitrogens with zero attached hydrogens (tertiary/aromatic N) is 6. The summed E-state index contributed by atoms with van der Waals surface area (Å²) in [4.78, 5) is 29.5. The smallest absolute Gasteiger partial charge is 0.200 e. The Labute approximate surface area is 122 Å². The predicted octanol–water partition coefficient (Wildman–Crippen LogP) is 1.01. The molecule has 0 amide bonds. The summed E-state index contributed by atoms with van der Waals surface area (Å²) in [5.41, 5.74) is 8.34. The Morgan fingerprint density at radius 3 is 2.14 bits per heavy atom. The minimum Gasteiger partial charge on any atom is -0.369 e. The second-order valence-electron chi connectivity index (χ2n) is 3.89. The Morgan fingerprint density at radius 2 is 1.57 bits per heavy atom. The number of hydrogen-bond donors (Lipinski definition) is 3. The zero-order valence-electron chi connectivity index (χ0n) is 11.0. The van der Waals surface area contributed by atoms with Crippen LogP contribution in [0.2, 0.25) is 0 Å². The fourth-order valence-electron chi connectivity index (χ4n) is 1.62. The molecule has 0 bridgehead atoms. The lowest BCUT2D eigenvalue weighted by Crippen LogP contribution is -1.84. The lowest BCUT2D eigenvalue weighted by atomic mass is 10.6. The SMILES string of the molecule is CSc1nc2ncncc2[nH]1.Nc1nc2ncncc2[nH]1. The first-order chi connectivity index (χ1) is 10.3. The predicted molar refractivity (Wildman–Crippen MR) is 79.6 cm³/mol. The lowest BCUT2D eigenvalue weighted by Gasteiger charge is -1.80. The molecule has 4 aromatic rings. The number of nitrogen functional groups attached to an aromatic ring is 1. The van der Waals surface area contributed by atoms with Gasteiger partial charge in [-0.2, -0.15) is 4.98 Å². The maximum Gasteiger partial charge on any atom is 0.200 e. The van der Waals surface area contributed by atoms with Crippen molar-refractivity contribution in [1.82, 2.24) is 39.9 Å². The highest BCUT2D eigenvalue weighted by molar-refractivity contribution is 7.98. The van der Waals surface area contributed by atoms with E-state index in [4.69, 9.17) is 5.73 Å². The fraction of sp³-hybridized carbons (Fsp3) is 0.0909. The first-order valence-corrected chi connectivity index (χ1v) is 7.09. The van der Waals surface area contributed by atoms with Gasteiger partial charge < -0.3 is 15.7 Å². The molecule has 4 rings (SSSR count). The third-order valence-electron chi connectivity index (χ3n) is 2.51. The standard InChI is InChI=1S/C6H6N4S.C5H5N5/c1-11-6-9-4-2-7-3-8-5(4)10-6;6-5-9-3-1-7-2-8-4(3)10-5/h2-3H,1H3,(H,7,8,9,10);1-2H,(H3,6,7,8,9,10). The second-order valence-corrected chi connectivity index (χ2v) is 4.68. The van der Waals surface area contributed by atoms with Crippen molar-refractivity contribution in [3.05, 3.63) is 25.0 Å². The van der Waals surface area contributed by atoms with Crippen LogP contribution in [0.4, 0.5) is 5.95 Å². The van der Waals surface area contributed by atoms with Gasteiger partial charge in [-0.05, 0) is 6.26 Å². The molecule has 106 valence electrons. The molecule has 0 aromatic carbocycles. The van der Waals surface area contributed by atoms with E-state index in [0.717, 1.165) is 21.8 Å². The van der Waals surface area contributed by atoms with Crippen LogP contribution in [0, 0.1) is 0 Å². The van der Waals surface area contributed by atoms with Gasteiger partial charge in [0.15, 0.2) is 22.4 Å².